The molecule has 0 aliphatic carbocycles. The minimum Gasteiger partial charge on any atom is -0.544 e. The van der Waals surface area contributed by atoms with Crippen LogP contribution >= 0.6 is 0 Å². The van der Waals surface area contributed by atoms with Crippen molar-refractivity contribution >= 4 is 20.0 Å². The first-order chi connectivity index (χ1) is 6.87. The van der Waals surface area contributed by atoms with Gasteiger partial charge < -0.3 is 15.5 Å². The van der Waals surface area contributed by atoms with E-state index in [1.54, 1.807) is 12.1 Å². The minimum atomic E-state index is -1.56. The number of hydrogen-bond acceptors (Lipinski definition) is 2. The Labute approximate surface area is 90.6 Å². The average molecular weight is 224 g/mol. The van der Waals surface area contributed by atoms with Gasteiger partial charge in [0, 0.05) is 5.69 Å². The van der Waals surface area contributed by atoms with Gasteiger partial charge in [-0.2, -0.15) is 0 Å². The van der Waals surface area contributed by atoms with Crippen LogP contribution in [0.15, 0.2) is 24.3 Å². The second kappa shape index (κ2) is 4.35. The molecule has 0 aromatic heterocycles. The van der Waals surface area contributed by atoms with E-state index in [1.807, 2.05) is 12.1 Å². The molecule has 2 amide bonds. The Morgan fingerprint density at radius 3 is 2.20 bits per heavy atom. The van der Waals surface area contributed by atoms with Gasteiger partial charge in [-0.3, -0.25) is 0 Å². The van der Waals surface area contributed by atoms with Gasteiger partial charge in [-0.15, -0.1) is 0 Å². The highest BCUT2D eigenvalue weighted by molar-refractivity contribution is 6.70. The van der Waals surface area contributed by atoms with Crippen LogP contribution in [-0.2, 0) is 0 Å². The van der Waals surface area contributed by atoms with E-state index in [0.717, 1.165) is 5.75 Å². The third-order valence-electron chi connectivity index (χ3n) is 1.55. The number of anilines is 1. The molecule has 1 rings (SSSR count). The summed E-state index contributed by atoms with van der Waals surface area (Å²) in [6.45, 7) is 6.34. The number of carbonyl (C=O) groups is 1. The normalized spacial score (nSPS) is 10.9. The lowest BCUT2D eigenvalue weighted by molar-refractivity contribution is 0.259. The van der Waals surface area contributed by atoms with E-state index in [2.05, 4.69) is 25.0 Å². The Hall–Kier alpha value is -1.49. The van der Waals surface area contributed by atoms with Crippen LogP contribution in [0.4, 0.5) is 10.5 Å². The van der Waals surface area contributed by atoms with Gasteiger partial charge >= 0.3 is 6.03 Å². The largest absolute Gasteiger partial charge is 0.544 e. The van der Waals surface area contributed by atoms with Crippen LogP contribution in [0, 0.1) is 0 Å². The highest BCUT2D eigenvalue weighted by atomic mass is 28.4. The molecule has 1 aromatic rings. The van der Waals surface area contributed by atoms with Crippen molar-refractivity contribution in [3.63, 3.8) is 0 Å². The van der Waals surface area contributed by atoms with Crippen molar-refractivity contribution in [3.05, 3.63) is 24.3 Å². The fourth-order valence-corrected chi connectivity index (χ4v) is 1.95. The molecule has 0 aliphatic rings. The molecule has 82 valence electrons. The Morgan fingerprint density at radius 1 is 1.27 bits per heavy atom. The number of rotatable bonds is 3. The number of primary amides is 1. The molecule has 0 spiro atoms. The van der Waals surface area contributed by atoms with Crippen molar-refractivity contribution in [3.8, 4) is 5.75 Å². The molecule has 0 saturated heterocycles. The zero-order chi connectivity index (χ0) is 11.5. The molecule has 0 atom stereocenters. The lowest BCUT2D eigenvalue weighted by Crippen LogP contribution is -2.29. The number of hydrogen-bond donors (Lipinski definition) is 2. The smallest absolute Gasteiger partial charge is 0.316 e. The third kappa shape index (κ3) is 4.50. The zero-order valence-electron chi connectivity index (χ0n) is 9.20. The van der Waals surface area contributed by atoms with Crippen LogP contribution in [0.5, 0.6) is 5.75 Å². The number of urea groups is 1. The Balaban J connectivity index is 2.68. The van der Waals surface area contributed by atoms with Crippen molar-refractivity contribution in [1.29, 1.82) is 0 Å². The molecule has 0 unspecified atom stereocenters. The summed E-state index contributed by atoms with van der Waals surface area (Å²) in [5, 5.41) is 2.49. The lowest BCUT2D eigenvalue weighted by atomic mass is 10.3. The predicted octanol–water partition coefficient (Wildman–Crippen LogP) is 2.39. The molecule has 3 N–H and O–H groups in total. The van der Waals surface area contributed by atoms with E-state index in [9.17, 15) is 4.79 Å². The third-order valence-corrected chi connectivity index (χ3v) is 2.39. The van der Waals surface area contributed by atoms with E-state index in [1.165, 1.54) is 0 Å². The van der Waals surface area contributed by atoms with Crippen molar-refractivity contribution < 1.29 is 9.22 Å². The summed E-state index contributed by atoms with van der Waals surface area (Å²) < 4.78 is 5.76. The van der Waals surface area contributed by atoms with Gasteiger partial charge in [-0.1, -0.05) is 0 Å². The molecule has 15 heavy (non-hydrogen) atoms. The van der Waals surface area contributed by atoms with Gasteiger partial charge in [0.05, 0.1) is 0 Å². The van der Waals surface area contributed by atoms with Crippen molar-refractivity contribution in [1.82, 2.24) is 0 Å². The van der Waals surface area contributed by atoms with Gasteiger partial charge in [-0.25, -0.2) is 4.79 Å². The number of benzene rings is 1. The first-order valence-corrected chi connectivity index (χ1v) is 8.13. The fourth-order valence-electron chi connectivity index (χ4n) is 1.10. The van der Waals surface area contributed by atoms with Gasteiger partial charge in [-0.05, 0) is 43.9 Å². The SMILES string of the molecule is C[Si](C)(C)Oc1ccc(NC(N)=O)cc1. The Kier molecular flexibility index (Phi) is 3.36. The first kappa shape index (κ1) is 11.6. The van der Waals surface area contributed by atoms with Gasteiger partial charge in [0.25, 0.3) is 0 Å². The molecule has 0 heterocycles. The topological polar surface area (TPSA) is 64.3 Å². The molecule has 1 aromatic carbocycles. The summed E-state index contributed by atoms with van der Waals surface area (Å²) >= 11 is 0. The maximum atomic E-state index is 10.6. The zero-order valence-corrected chi connectivity index (χ0v) is 10.2. The number of amides is 2. The van der Waals surface area contributed by atoms with Crippen LogP contribution in [-0.4, -0.2) is 14.3 Å². The average Bonchev–Trinajstić information content (AvgIpc) is 2.05. The summed E-state index contributed by atoms with van der Waals surface area (Å²) in [6.07, 6.45) is 0. The molecular formula is C10H16N2O2Si. The summed E-state index contributed by atoms with van der Waals surface area (Å²) in [5.74, 6) is 0.823. The maximum absolute atomic E-state index is 10.6. The van der Waals surface area contributed by atoms with Crippen molar-refractivity contribution in [2.45, 2.75) is 19.6 Å². The van der Waals surface area contributed by atoms with Crippen molar-refractivity contribution in [2.24, 2.45) is 5.73 Å². The summed E-state index contributed by atoms with van der Waals surface area (Å²) in [5.41, 5.74) is 5.66. The van der Waals surface area contributed by atoms with E-state index in [0.29, 0.717) is 5.69 Å². The number of nitrogens with one attached hydrogen (secondary N) is 1. The molecule has 0 aliphatic heterocycles. The second-order valence-corrected chi connectivity index (χ2v) is 8.66. The standard InChI is InChI=1S/C10H16N2O2Si/c1-15(2,3)14-9-6-4-8(5-7-9)12-10(11)13/h4-7H,1-3H3,(H3,11,12,13). The first-order valence-electron chi connectivity index (χ1n) is 4.72. The van der Waals surface area contributed by atoms with Gasteiger partial charge in [0.2, 0.25) is 8.32 Å². The van der Waals surface area contributed by atoms with Crippen LogP contribution < -0.4 is 15.5 Å². The Morgan fingerprint density at radius 2 is 1.80 bits per heavy atom. The van der Waals surface area contributed by atoms with Crippen molar-refractivity contribution in [2.75, 3.05) is 5.32 Å². The van der Waals surface area contributed by atoms with E-state index in [-0.39, 0.29) is 0 Å². The molecule has 0 bridgehead atoms. The highest BCUT2D eigenvalue weighted by Gasteiger charge is 2.15. The molecular weight excluding hydrogens is 208 g/mol. The van der Waals surface area contributed by atoms with E-state index < -0.39 is 14.3 Å². The maximum Gasteiger partial charge on any atom is 0.316 e. The van der Waals surface area contributed by atoms with Crippen LogP contribution in [0.3, 0.4) is 0 Å². The van der Waals surface area contributed by atoms with Crippen LogP contribution in [0.1, 0.15) is 0 Å². The predicted molar refractivity (Wildman–Crippen MR) is 63.6 cm³/mol. The number of carbonyl (C=O) groups excluding carboxylic acids is 1. The molecule has 5 heteroatoms. The molecule has 0 saturated carbocycles. The minimum absolute atomic E-state index is 0.561. The van der Waals surface area contributed by atoms with Crippen LogP contribution in [0.25, 0.3) is 0 Å². The Bertz CT molecular complexity index is 343. The summed E-state index contributed by atoms with van der Waals surface area (Å²) in [6, 6.07) is 6.61. The molecule has 4 nitrogen and oxygen atoms in total. The van der Waals surface area contributed by atoms with E-state index in [4.69, 9.17) is 10.2 Å². The fraction of sp³-hybridized carbons (Fsp3) is 0.300. The quantitative estimate of drug-likeness (QED) is 0.774. The summed E-state index contributed by atoms with van der Waals surface area (Å²) in [4.78, 5) is 10.6. The van der Waals surface area contributed by atoms with Gasteiger partial charge in [0.15, 0.2) is 0 Å². The highest BCUT2D eigenvalue weighted by Crippen LogP contribution is 2.18. The second-order valence-electron chi connectivity index (χ2n) is 4.23. The monoisotopic (exact) mass is 224 g/mol. The number of nitrogens with two attached hydrogens (primary N) is 1. The van der Waals surface area contributed by atoms with Crippen LogP contribution in [0.2, 0.25) is 19.6 Å². The van der Waals surface area contributed by atoms with E-state index >= 15 is 0 Å². The van der Waals surface area contributed by atoms with Gasteiger partial charge in [0.1, 0.15) is 5.75 Å². The summed E-state index contributed by atoms with van der Waals surface area (Å²) in [7, 11) is -1.56. The lowest BCUT2D eigenvalue weighted by Gasteiger charge is -2.19. The molecule has 0 fully saturated rings. The molecule has 0 radical (unpaired) electrons.